The van der Waals surface area contributed by atoms with E-state index in [2.05, 4.69) is 9.72 Å². The molecule has 0 aromatic carbocycles. The van der Waals surface area contributed by atoms with E-state index in [1.54, 1.807) is 0 Å². The second-order valence-electron chi connectivity index (χ2n) is 3.22. The van der Waals surface area contributed by atoms with E-state index in [4.69, 9.17) is 5.11 Å². The van der Waals surface area contributed by atoms with Gasteiger partial charge in [-0.25, -0.2) is 8.78 Å². The number of carbonyl (C=O) groups is 1. The molecule has 1 aromatic heterocycles. The minimum absolute atomic E-state index is 0.0105. The van der Waals surface area contributed by atoms with Crippen LogP contribution in [0.5, 0.6) is 5.75 Å². The van der Waals surface area contributed by atoms with Crippen molar-refractivity contribution in [2.75, 3.05) is 0 Å². The van der Waals surface area contributed by atoms with E-state index in [1.165, 1.54) is 22.6 Å². The van der Waals surface area contributed by atoms with Crippen molar-refractivity contribution in [2.24, 2.45) is 0 Å². The van der Waals surface area contributed by atoms with Gasteiger partial charge in [0.15, 0.2) is 5.75 Å². The Kier molecular flexibility index (Phi) is 4.87. The quantitative estimate of drug-likeness (QED) is 0.627. The van der Waals surface area contributed by atoms with Crippen LogP contribution in [-0.4, -0.2) is 22.4 Å². The van der Waals surface area contributed by atoms with Crippen LogP contribution >= 0.6 is 22.6 Å². The highest BCUT2D eigenvalue weighted by Crippen LogP contribution is 2.36. The van der Waals surface area contributed by atoms with Gasteiger partial charge in [0.05, 0.1) is 6.42 Å². The maximum absolute atomic E-state index is 12.6. The van der Waals surface area contributed by atoms with Crippen LogP contribution in [-0.2, 0) is 11.2 Å². The molecule has 1 N–H and O–H groups in total. The molecular formula is C9H5F5INO3. The third kappa shape index (κ3) is 4.44. The Morgan fingerprint density at radius 1 is 1.47 bits per heavy atom. The van der Waals surface area contributed by atoms with Crippen molar-refractivity contribution in [3.05, 3.63) is 21.0 Å². The summed E-state index contributed by atoms with van der Waals surface area (Å²) in [6.07, 6.45) is -8.56. The number of ether oxygens (including phenoxy) is 1. The second-order valence-corrected chi connectivity index (χ2v) is 4.38. The van der Waals surface area contributed by atoms with Crippen LogP contribution < -0.4 is 4.74 Å². The van der Waals surface area contributed by atoms with E-state index in [9.17, 15) is 26.7 Å². The summed E-state index contributed by atoms with van der Waals surface area (Å²) >= 11 is 1.49. The van der Waals surface area contributed by atoms with Crippen LogP contribution in [0.3, 0.4) is 0 Å². The number of halogens is 6. The van der Waals surface area contributed by atoms with Gasteiger partial charge in [0.2, 0.25) is 0 Å². The lowest BCUT2D eigenvalue weighted by molar-refractivity contribution is -0.275. The van der Waals surface area contributed by atoms with Gasteiger partial charge in [-0.05, 0) is 22.6 Å². The molecule has 0 amide bonds. The molecule has 0 bridgehead atoms. The summed E-state index contributed by atoms with van der Waals surface area (Å²) in [4.78, 5) is 13.7. The topological polar surface area (TPSA) is 59.4 Å². The van der Waals surface area contributed by atoms with Crippen molar-refractivity contribution in [1.82, 2.24) is 4.98 Å². The molecule has 0 saturated heterocycles. The van der Waals surface area contributed by atoms with Crippen molar-refractivity contribution < 1.29 is 36.6 Å². The van der Waals surface area contributed by atoms with Gasteiger partial charge >= 0.3 is 12.3 Å². The average Bonchev–Trinajstić information content (AvgIpc) is 2.20. The predicted octanol–water partition coefficient (Wildman–Crippen LogP) is 3.15. The number of hydrogen-bond donors (Lipinski definition) is 1. The molecule has 0 aliphatic rings. The summed E-state index contributed by atoms with van der Waals surface area (Å²) in [5.74, 6) is -2.73. The molecule has 0 aliphatic heterocycles. The zero-order valence-electron chi connectivity index (χ0n) is 8.84. The Bertz CT molecular complexity index is 491. The maximum atomic E-state index is 12.6. The van der Waals surface area contributed by atoms with Gasteiger partial charge in [0.25, 0.3) is 6.43 Å². The van der Waals surface area contributed by atoms with Crippen LogP contribution in [0.15, 0.2) is 6.20 Å². The van der Waals surface area contributed by atoms with Crippen LogP contribution in [0.25, 0.3) is 0 Å². The third-order valence-corrected chi connectivity index (χ3v) is 2.79. The Morgan fingerprint density at radius 2 is 2.05 bits per heavy atom. The molecule has 4 nitrogen and oxygen atoms in total. The van der Waals surface area contributed by atoms with Crippen LogP contribution in [0.4, 0.5) is 22.0 Å². The molecule has 0 unspecified atom stereocenters. The maximum Gasteiger partial charge on any atom is 0.573 e. The fourth-order valence-electron chi connectivity index (χ4n) is 1.23. The Hall–Kier alpha value is -1.20. The highest BCUT2D eigenvalue weighted by atomic mass is 127. The molecule has 0 radical (unpaired) electrons. The molecule has 0 spiro atoms. The first-order chi connectivity index (χ1) is 8.61. The average molecular weight is 397 g/mol. The van der Waals surface area contributed by atoms with E-state index >= 15 is 0 Å². The lowest BCUT2D eigenvalue weighted by atomic mass is 10.1. The Morgan fingerprint density at radius 3 is 2.47 bits per heavy atom. The Labute approximate surface area is 116 Å². The van der Waals surface area contributed by atoms with E-state index < -0.39 is 42.2 Å². The lowest BCUT2D eigenvalue weighted by Gasteiger charge is -2.16. The molecule has 0 atom stereocenters. The van der Waals surface area contributed by atoms with E-state index in [-0.39, 0.29) is 3.57 Å². The largest absolute Gasteiger partial charge is 0.573 e. The van der Waals surface area contributed by atoms with Gasteiger partial charge < -0.3 is 9.84 Å². The van der Waals surface area contributed by atoms with Crippen LogP contribution in [0, 0.1) is 3.57 Å². The highest BCUT2D eigenvalue weighted by Gasteiger charge is 2.36. The zero-order valence-corrected chi connectivity index (χ0v) is 11.0. The van der Waals surface area contributed by atoms with Gasteiger partial charge in [-0.15, -0.1) is 13.2 Å². The molecule has 106 valence electrons. The van der Waals surface area contributed by atoms with Gasteiger partial charge in [0, 0.05) is 15.3 Å². The van der Waals surface area contributed by atoms with Crippen molar-refractivity contribution >= 4 is 28.6 Å². The molecule has 1 aromatic rings. The number of nitrogens with zero attached hydrogens (tertiary/aromatic N) is 1. The summed E-state index contributed by atoms with van der Waals surface area (Å²) in [7, 11) is 0. The third-order valence-electron chi connectivity index (χ3n) is 1.86. The summed E-state index contributed by atoms with van der Waals surface area (Å²) < 4.78 is 65.2. The van der Waals surface area contributed by atoms with E-state index in [0.717, 1.165) is 6.20 Å². The van der Waals surface area contributed by atoms with Gasteiger partial charge in [-0.3, -0.25) is 9.78 Å². The molecule has 0 aliphatic carbocycles. The predicted molar refractivity (Wildman–Crippen MR) is 59.9 cm³/mol. The monoisotopic (exact) mass is 397 g/mol. The number of pyridine rings is 1. The number of alkyl halides is 5. The minimum Gasteiger partial charge on any atom is -0.481 e. The Balaban J connectivity index is 3.40. The van der Waals surface area contributed by atoms with Crippen molar-refractivity contribution in [2.45, 2.75) is 19.2 Å². The SMILES string of the molecule is O=C(O)Cc1c(I)cnc(C(F)F)c1OC(F)(F)F. The van der Waals surface area contributed by atoms with Gasteiger partial charge in [-0.2, -0.15) is 0 Å². The van der Waals surface area contributed by atoms with Crippen LogP contribution in [0.2, 0.25) is 0 Å². The number of rotatable bonds is 4. The fourth-order valence-corrected chi connectivity index (χ4v) is 1.80. The molecule has 1 rings (SSSR count). The number of hydrogen-bond acceptors (Lipinski definition) is 3. The zero-order chi connectivity index (χ0) is 14.8. The smallest absolute Gasteiger partial charge is 0.481 e. The second kappa shape index (κ2) is 5.84. The summed E-state index contributed by atoms with van der Waals surface area (Å²) in [5.41, 5.74) is -1.73. The van der Waals surface area contributed by atoms with Gasteiger partial charge in [0.1, 0.15) is 5.69 Å². The standard InChI is InChI=1S/C9H5F5INO3/c10-8(11)6-7(19-9(12,13)14)3(1-5(17)18)4(15)2-16-6/h2,8H,1H2,(H,17,18). The normalized spacial score (nSPS) is 11.7. The summed E-state index contributed by atoms with van der Waals surface area (Å²) in [6, 6.07) is 0. The van der Waals surface area contributed by atoms with Crippen LogP contribution in [0.1, 0.15) is 17.7 Å². The van der Waals surface area contributed by atoms with Crippen molar-refractivity contribution in [3.63, 3.8) is 0 Å². The van der Waals surface area contributed by atoms with Crippen molar-refractivity contribution in [1.29, 1.82) is 0 Å². The first-order valence-corrected chi connectivity index (χ1v) is 5.62. The number of aliphatic carboxylic acids is 1. The fraction of sp³-hybridized carbons (Fsp3) is 0.333. The lowest BCUT2D eigenvalue weighted by Crippen LogP contribution is -2.21. The molecule has 10 heteroatoms. The first kappa shape index (κ1) is 15.9. The van der Waals surface area contributed by atoms with Gasteiger partial charge in [-0.1, -0.05) is 0 Å². The number of carboxylic acids is 1. The molecule has 0 fully saturated rings. The van der Waals surface area contributed by atoms with E-state index in [1.807, 2.05) is 0 Å². The molecule has 1 heterocycles. The summed E-state index contributed by atoms with van der Waals surface area (Å²) in [6.45, 7) is 0. The number of carboxylic acid groups (broad SMARTS) is 1. The van der Waals surface area contributed by atoms with Crippen molar-refractivity contribution in [3.8, 4) is 5.75 Å². The minimum atomic E-state index is -5.22. The molecular weight excluding hydrogens is 392 g/mol. The van der Waals surface area contributed by atoms with E-state index in [0.29, 0.717) is 0 Å². The summed E-state index contributed by atoms with van der Waals surface area (Å²) in [5, 5.41) is 8.60. The first-order valence-electron chi connectivity index (χ1n) is 4.54. The number of aromatic nitrogens is 1. The molecule has 0 saturated carbocycles. The highest BCUT2D eigenvalue weighted by molar-refractivity contribution is 14.1. The molecule has 19 heavy (non-hydrogen) atoms.